The SMILES string of the molecule is CC(=O)Nc1cc2c(=O)n(CCOc3ccc(Cl)cc3-c3cccc(C(=O)O)c3)cnc2cn1. The number of rotatable bonds is 7. The number of amides is 1. The molecule has 0 bridgehead atoms. The lowest BCUT2D eigenvalue weighted by Gasteiger charge is -2.14. The number of carbonyl (C=O) groups excluding carboxylic acids is 1. The monoisotopic (exact) mass is 478 g/mol. The Morgan fingerprint density at radius 3 is 2.74 bits per heavy atom. The van der Waals surface area contributed by atoms with Gasteiger partial charge in [0.2, 0.25) is 5.91 Å². The summed E-state index contributed by atoms with van der Waals surface area (Å²) in [6.07, 6.45) is 2.83. The lowest BCUT2D eigenvalue weighted by Crippen LogP contribution is -2.24. The number of aromatic carboxylic acids is 1. The zero-order valence-corrected chi connectivity index (χ0v) is 18.7. The first-order valence-electron chi connectivity index (χ1n) is 10.2. The van der Waals surface area contributed by atoms with Gasteiger partial charge in [0.25, 0.3) is 5.56 Å². The topological polar surface area (TPSA) is 123 Å². The molecule has 0 atom stereocenters. The number of anilines is 1. The van der Waals surface area contributed by atoms with Crippen molar-refractivity contribution in [2.45, 2.75) is 13.5 Å². The van der Waals surface area contributed by atoms with Crippen LogP contribution in [-0.4, -0.2) is 38.1 Å². The molecule has 1 amide bonds. The summed E-state index contributed by atoms with van der Waals surface area (Å²) in [7, 11) is 0. The second-order valence-corrected chi connectivity index (χ2v) is 7.82. The molecule has 0 radical (unpaired) electrons. The van der Waals surface area contributed by atoms with Gasteiger partial charge in [-0.25, -0.2) is 14.8 Å². The number of aromatic nitrogens is 3. The van der Waals surface area contributed by atoms with Crippen molar-refractivity contribution in [1.82, 2.24) is 14.5 Å². The summed E-state index contributed by atoms with van der Waals surface area (Å²) < 4.78 is 7.33. The van der Waals surface area contributed by atoms with E-state index in [2.05, 4.69) is 15.3 Å². The number of nitrogens with one attached hydrogen (secondary N) is 1. The van der Waals surface area contributed by atoms with E-state index in [0.29, 0.717) is 32.8 Å². The molecule has 2 aromatic carbocycles. The summed E-state index contributed by atoms with van der Waals surface area (Å²) in [5.74, 6) is -0.573. The number of halogens is 1. The van der Waals surface area contributed by atoms with Gasteiger partial charge in [0.1, 0.15) is 18.2 Å². The number of benzene rings is 2. The van der Waals surface area contributed by atoms with E-state index in [0.717, 1.165) is 0 Å². The molecule has 34 heavy (non-hydrogen) atoms. The fraction of sp³-hybridized carbons (Fsp3) is 0.125. The average molecular weight is 479 g/mol. The van der Waals surface area contributed by atoms with Gasteiger partial charge in [0, 0.05) is 17.5 Å². The van der Waals surface area contributed by atoms with E-state index in [9.17, 15) is 19.5 Å². The maximum absolute atomic E-state index is 12.9. The van der Waals surface area contributed by atoms with E-state index in [1.165, 1.54) is 36.1 Å². The van der Waals surface area contributed by atoms with E-state index in [-0.39, 0.29) is 36.0 Å². The van der Waals surface area contributed by atoms with Crippen LogP contribution in [0.4, 0.5) is 5.82 Å². The zero-order valence-electron chi connectivity index (χ0n) is 18.0. The summed E-state index contributed by atoms with van der Waals surface area (Å²) >= 11 is 6.16. The first-order chi connectivity index (χ1) is 16.3. The van der Waals surface area contributed by atoms with Crippen LogP contribution in [0.2, 0.25) is 5.02 Å². The van der Waals surface area contributed by atoms with E-state index in [1.54, 1.807) is 36.4 Å². The standard InChI is InChI=1S/C24H19ClN4O5/c1-14(30)28-22-11-19-20(12-26-22)27-13-29(23(19)31)7-8-34-21-6-5-17(25)10-18(21)15-3-2-4-16(9-15)24(32)33/h2-6,9-13H,7-8H2,1H3,(H,32,33)(H,26,28,30). The van der Waals surface area contributed by atoms with Gasteiger partial charge < -0.3 is 15.2 Å². The fourth-order valence-corrected chi connectivity index (χ4v) is 3.57. The van der Waals surface area contributed by atoms with Crippen LogP contribution in [0.25, 0.3) is 22.0 Å². The van der Waals surface area contributed by atoms with Crippen molar-refractivity contribution < 1.29 is 19.4 Å². The summed E-state index contributed by atoms with van der Waals surface area (Å²) in [5.41, 5.74) is 1.53. The molecule has 9 nitrogen and oxygen atoms in total. The van der Waals surface area contributed by atoms with Crippen molar-refractivity contribution in [2.75, 3.05) is 11.9 Å². The molecular weight excluding hydrogens is 460 g/mol. The number of hydrogen-bond donors (Lipinski definition) is 2. The van der Waals surface area contributed by atoms with Crippen LogP contribution in [0.3, 0.4) is 0 Å². The third-order valence-electron chi connectivity index (χ3n) is 4.97. The van der Waals surface area contributed by atoms with Crippen molar-refractivity contribution in [1.29, 1.82) is 0 Å². The smallest absolute Gasteiger partial charge is 0.335 e. The minimum Gasteiger partial charge on any atom is -0.491 e. The molecule has 172 valence electrons. The predicted octanol–water partition coefficient (Wildman–Crippen LogP) is 3.85. The molecule has 0 aliphatic rings. The molecule has 2 N–H and O–H groups in total. The summed E-state index contributed by atoms with van der Waals surface area (Å²) in [6.45, 7) is 1.70. The largest absolute Gasteiger partial charge is 0.491 e. The minimum atomic E-state index is -1.04. The van der Waals surface area contributed by atoms with Crippen LogP contribution in [0.1, 0.15) is 17.3 Å². The first-order valence-corrected chi connectivity index (χ1v) is 10.6. The number of nitrogens with zero attached hydrogens (tertiary/aromatic N) is 3. The molecule has 0 aliphatic heterocycles. The maximum atomic E-state index is 12.9. The first kappa shape index (κ1) is 22.9. The Balaban J connectivity index is 1.56. The normalized spacial score (nSPS) is 10.8. The lowest BCUT2D eigenvalue weighted by atomic mass is 10.0. The van der Waals surface area contributed by atoms with Gasteiger partial charge in [0.05, 0.1) is 35.5 Å². The molecule has 4 rings (SSSR count). The Kier molecular flexibility index (Phi) is 6.55. The Hall–Kier alpha value is -4.24. The lowest BCUT2D eigenvalue weighted by molar-refractivity contribution is -0.114. The molecule has 2 heterocycles. The van der Waals surface area contributed by atoms with Crippen molar-refractivity contribution in [3.05, 3.63) is 82.0 Å². The molecule has 0 fully saturated rings. The summed E-state index contributed by atoms with van der Waals surface area (Å²) in [6, 6.07) is 13.0. The molecular formula is C24H19ClN4O5. The van der Waals surface area contributed by atoms with E-state index < -0.39 is 5.97 Å². The number of pyridine rings is 1. The Morgan fingerprint density at radius 1 is 1.15 bits per heavy atom. The molecule has 0 saturated carbocycles. The third-order valence-corrected chi connectivity index (χ3v) is 5.20. The Morgan fingerprint density at radius 2 is 1.97 bits per heavy atom. The van der Waals surface area contributed by atoms with Gasteiger partial charge in [0.15, 0.2) is 0 Å². The maximum Gasteiger partial charge on any atom is 0.335 e. The number of carboxylic acids is 1. The molecule has 2 aromatic heterocycles. The van der Waals surface area contributed by atoms with Crippen LogP contribution >= 0.6 is 11.6 Å². The number of ether oxygens (including phenoxy) is 1. The number of carboxylic acid groups (broad SMARTS) is 1. The van der Waals surface area contributed by atoms with Gasteiger partial charge in [-0.2, -0.15) is 0 Å². The number of fused-ring (bicyclic) bond motifs is 1. The fourth-order valence-electron chi connectivity index (χ4n) is 3.40. The van der Waals surface area contributed by atoms with Crippen LogP contribution in [0, 0.1) is 0 Å². The van der Waals surface area contributed by atoms with Gasteiger partial charge >= 0.3 is 5.97 Å². The molecule has 0 unspecified atom stereocenters. The highest BCUT2D eigenvalue weighted by Crippen LogP contribution is 2.33. The van der Waals surface area contributed by atoms with Crippen molar-refractivity contribution >= 4 is 40.2 Å². The van der Waals surface area contributed by atoms with Gasteiger partial charge in [-0.1, -0.05) is 23.7 Å². The minimum absolute atomic E-state index is 0.143. The highest BCUT2D eigenvalue weighted by Gasteiger charge is 2.12. The van der Waals surface area contributed by atoms with E-state index >= 15 is 0 Å². The quantitative estimate of drug-likeness (QED) is 0.413. The summed E-state index contributed by atoms with van der Waals surface area (Å²) in [4.78, 5) is 43.8. The molecule has 0 aliphatic carbocycles. The zero-order chi connectivity index (χ0) is 24.2. The molecule has 0 saturated heterocycles. The number of carbonyl (C=O) groups is 2. The van der Waals surface area contributed by atoms with Crippen LogP contribution in [0.15, 0.2) is 65.8 Å². The van der Waals surface area contributed by atoms with Crippen LogP contribution < -0.4 is 15.6 Å². The second kappa shape index (κ2) is 9.72. The van der Waals surface area contributed by atoms with Gasteiger partial charge in [-0.05, 0) is 42.0 Å². The molecule has 10 heteroatoms. The van der Waals surface area contributed by atoms with Crippen molar-refractivity contribution in [2.24, 2.45) is 0 Å². The number of hydrogen-bond acceptors (Lipinski definition) is 6. The van der Waals surface area contributed by atoms with Crippen LogP contribution in [0.5, 0.6) is 5.75 Å². The highest BCUT2D eigenvalue weighted by atomic mass is 35.5. The molecule has 4 aromatic rings. The third kappa shape index (κ3) is 5.05. The van der Waals surface area contributed by atoms with Crippen molar-refractivity contribution in [3.8, 4) is 16.9 Å². The van der Waals surface area contributed by atoms with Crippen LogP contribution in [-0.2, 0) is 11.3 Å². The highest BCUT2D eigenvalue weighted by molar-refractivity contribution is 6.31. The van der Waals surface area contributed by atoms with Gasteiger partial charge in [-0.3, -0.25) is 14.2 Å². The molecule has 0 spiro atoms. The van der Waals surface area contributed by atoms with Gasteiger partial charge in [-0.15, -0.1) is 0 Å². The van der Waals surface area contributed by atoms with Crippen molar-refractivity contribution in [3.63, 3.8) is 0 Å². The van der Waals surface area contributed by atoms with E-state index in [1.807, 2.05) is 0 Å². The Labute approximate surface area is 198 Å². The summed E-state index contributed by atoms with van der Waals surface area (Å²) in [5, 5.41) is 12.6. The predicted molar refractivity (Wildman–Crippen MR) is 127 cm³/mol. The van der Waals surface area contributed by atoms with E-state index in [4.69, 9.17) is 16.3 Å². The second-order valence-electron chi connectivity index (χ2n) is 7.39. The Bertz CT molecular complexity index is 1470. The average Bonchev–Trinajstić information content (AvgIpc) is 2.81.